The SMILES string of the molecule is CCCCCCOc1cccc(-c2csc(NC(=O)c3cc(Cl)c(C=C(C)C(=O)O)c(Cl)c3)n2)c1OC. The Hall–Kier alpha value is -3.07. The number of carbonyl (C=O) groups excluding carboxylic acids is 1. The zero-order chi connectivity index (χ0) is 26.9. The maximum absolute atomic E-state index is 12.9. The summed E-state index contributed by atoms with van der Waals surface area (Å²) in [7, 11) is 1.59. The largest absolute Gasteiger partial charge is 0.492 e. The average Bonchev–Trinajstić information content (AvgIpc) is 3.33. The highest BCUT2D eigenvalue weighted by molar-refractivity contribution is 7.14. The number of methoxy groups -OCH3 is 1. The van der Waals surface area contributed by atoms with E-state index in [0.29, 0.717) is 34.5 Å². The van der Waals surface area contributed by atoms with Crippen LogP contribution in [0, 0.1) is 0 Å². The molecule has 1 heterocycles. The van der Waals surface area contributed by atoms with Crippen LogP contribution in [0.1, 0.15) is 55.5 Å². The van der Waals surface area contributed by atoms with Crippen molar-refractivity contribution in [3.8, 4) is 22.8 Å². The molecule has 2 N–H and O–H groups in total. The van der Waals surface area contributed by atoms with Crippen LogP contribution in [0.5, 0.6) is 11.5 Å². The van der Waals surface area contributed by atoms with Crippen LogP contribution in [-0.2, 0) is 4.79 Å². The van der Waals surface area contributed by atoms with E-state index >= 15 is 0 Å². The third-order valence-electron chi connectivity index (χ3n) is 5.48. The highest BCUT2D eigenvalue weighted by atomic mass is 35.5. The molecule has 0 saturated heterocycles. The van der Waals surface area contributed by atoms with E-state index in [2.05, 4.69) is 17.2 Å². The van der Waals surface area contributed by atoms with Crippen LogP contribution in [0.4, 0.5) is 5.13 Å². The minimum atomic E-state index is -1.09. The third kappa shape index (κ3) is 7.47. The van der Waals surface area contributed by atoms with Crippen LogP contribution >= 0.6 is 34.5 Å². The van der Waals surface area contributed by atoms with Crippen molar-refractivity contribution >= 4 is 57.6 Å². The first kappa shape index (κ1) is 28.5. The fourth-order valence-corrected chi connectivity index (χ4v) is 4.81. The van der Waals surface area contributed by atoms with Crippen molar-refractivity contribution in [1.82, 2.24) is 4.98 Å². The van der Waals surface area contributed by atoms with Gasteiger partial charge in [0.05, 0.1) is 29.5 Å². The molecule has 3 rings (SSSR count). The number of carboxylic acids is 1. The summed E-state index contributed by atoms with van der Waals surface area (Å²) < 4.78 is 11.6. The molecule has 3 aromatic rings. The molecule has 1 aromatic heterocycles. The minimum Gasteiger partial charge on any atom is -0.492 e. The zero-order valence-electron chi connectivity index (χ0n) is 20.8. The average molecular weight is 564 g/mol. The summed E-state index contributed by atoms with van der Waals surface area (Å²) in [5.41, 5.74) is 2.00. The van der Waals surface area contributed by atoms with E-state index in [-0.39, 0.29) is 21.2 Å². The molecule has 0 radical (unpaired) electrons. The van der Waals surface area contributed by atoms with Crippen molar-refractivity contribution in [2.45, 2.75) is 39.5 Å². The Balaban J connectivity index is 1.76. The number of benzene rings is 2. The number of thiazole rings is 1. The number of amides is 1. The van der Waals surface area contributed by atoms with E-state index in [1.807, 2.05) is 23.6 Å². The monoisotopic (exact) mass is 562 g/mol. The first-order valence-electron chi connectivity index (χ1n) is 11.7. The first-order valence-corrected chi connectivity index (χ1v) is 13.4. The molecule has 0 aliphatic rings. The highest BCUT2D eigenvalue weighted by Gasteiger charge is 2.18. The van der Waals surface area contributed by atoms with Crippen molar-refractivity contribution in [2.24, 2.45) is 0 Å². The highest BCUT2D eigenvalue weighted by Crippen LogP contribution is 2.39. The summed E-state index contributed by atoms with van der Waals surface area (Å²) in [5.74, 6) is -0.313. The number of rotatable bonds is 12. The molecule has 10 heteroatoms. The number of halogens is 2. The number of nitrogens with zero attached hydrogens (tertiary/aromatic N) is 1. The number of carbonyl (C=O) groups is 2. The van der Waals surface area contributed by atoms with Gasteiger partial charge in [0.15, 0.2) is 16.6 Å². The molecule has 0 saturated carbocycles. The van der Waals surface area contributed by atoms with Crippen molar-refractivity contribution in [2.75, 3.05) is 19.0 Å². The quantitative estimate of drug-likeness (QED) is 0.172. The lowest BCUT2D eigenvalue weighted by atomic mass is 10.1. The summed E-state index contributed by atoms with van der Waals surface area (Å²) in [6, 6.07) is 8.49. The molecule has 37 heavy (non-hydrogen) atoms. The van der Waals surface area contributed by atoms with Gasteiger partial charge in [-0.1, -0.05) is 55.5 Å². The zero-order valence-corrected chi connectivity index (χ0v) is 23.1. The van der Waals surface area contributed by atoms with Gasteiger partial charge in [0.25, 0.3) is 5.91 Å². The molecule has 0 unspecified atom stereocenters. The standard InChI is InChI=1S/C27H28Cl2N2O5S/c1-4-5-6-7-11-36-23-10-8-9-18(24(23)35-3)22-15-37-27(30-22)31-25(32)17-13-20(28)19(21(29)14-17)12-16(2)26(33)34/h8-10,12-15H,4-7,11H2,1-3H3,(H,33,34)(H,30,31,32). The van der Waals surface area contributed by atoms with Crippen LogP contribution in [0.25, 0.3) is 17.3 Å². The third-order valence-corrected chi connectivity index (χ3v) is 6.86. The van der Waals surface area contributed by atoms with Crippen LogP contribution < -0.4 is 14.8 Å². The molecule has 0 atom stereocenters. The molecule has 0 aliphatic heterocycles. The summed E-state index contributed by atoms with van der Waals surface area (Å²) in [6.45, 7) is 4.20. The summed E-state index contributed by atoms with van der Waals surface area (Å²) in [6.07, 6.45) is 5.79. The number of aliphatic carboxylic acids is 1. The number of anilines is 1. The van der Waals surface area contributed by atoms with Gasteiger partial charge in [-0.05, 0) is 43.7 Å². The van der Waals surface area contributed by atoms with Gasteiger partial charge in [-0.2, -0.15) is 0 Å². The van der Waals surface area contributed by atoms with E-state index in [1.165, 1.54) is 42.9 Å². The normalized spacial score (nSPS) is 11.3. The number of hydrogen-bond donors (Lipinski definition) is 2. The van der Waals surface area contributed by atoms with E-state index in [1.54, 1.807) is 7.11 Å². The van der Waals surface area contributed by atoms with E-state index in [4.69, 9.17) is 37.8 Å². The van der Waals surface area contributed by atoms with Crippen LogP contribution in [0.15, 0.2) is 41.3 Å². The fourth-order valence-electron chi connectivity index (χ4n) is 3.51. The van der Waals surface area contributed by atoms with Gasteiger partial charge in [0.2, 0.25) is 0 Å². The predicted octanol–water partition coefficient (Wildman–Crippen LogP) is 7.82. The number of aromatic nitrogens is 1. The minimum absolute atomic E-state index is 0.0673. The van der Waals surface area contributed by atoms with Gasteiger partial charge in [0, 0.05) is 27.6 Å². The van der Waals surface area contributed by atoms with Crippen molar-refractivity contribution in [3.05, 3.63) is 62.5 Å². The second-order valence-corrected chi connectivity index (χ2v) is 9.90. The molecule has 7 nitrogen and oxygen atoms in total. The van der Waals surface area contributed by atoms with Crippen LogP contribution in [-0.4, -0.2) is 35.7 Å². The summed E-state index contributed by atoms with van der Waals surface area (Å²) in [5, 5.41) is 14.4. The molecule has 196 valence electrons. The summed E-state index contributed by atoms with van der Waals surface area (Å²) >= 11 is 13.8. The van der Waals surface area contributed by atoms with Gasteiger partial charge in [-0.15, -0.1) is 11.3 Å². The second kappa shape index (κ2) is 13.5. The van der Waals surface area contributed by atoms with E-state index in [0.717, 1.165) is 24.8 Å². The maximum atomic E-state index is 12.9. The molecule has 0 fully saturated rings. The topological polar surface area (TPSA) is 97.8 Å². The van der Waals surface area contributed by atoms with E-state index in [9.17, 15) is 9.59 Å². The number of para-hydroxylation sites is 1. The van der Waals surface area contributed by atoms with Gasteiger partial charge >= 0.3 is 5.97 Å². The first-order chi connectivity index (χ1) is 17.7. The Kier molecular flexibility index (Phi) is 10.4. The predicted molar refractivity (Wildman–Crippen MR) is 149 cm³/mol. The summed E-state index contributed by atoms with van der Waals surface area (Å²) in [4.78, 5) is 28.5. The van der Waals surface area contributed by atoms with Crippen molar-refractivity contribution in [3.63, 3.8) is 0 Å². The number of unbranched alkanes of at least 4 members (excludes halogenated alkanes) is 3. The lowest BCUT2D eigenvalue weighted by molar-refractivity contribution is -0.132. The Morgan fingerprint density at radius 2 is 1.89 bits per heavy atom. The van der Waals surface area contributed by atoms with Crippen molar-refractivity contribution < 1.29 is 24.2 Å². The number of ether oxygens (including phenoxy) is 2. The Bertz CT molecular complexity index is 1280. The lowest BCUT2D eigenvalue weighted by Gasteiger charge is -2.13. The van der Waals surface area contributed by atoms with Gasteiger partial charge in [0.1, 0.15) is 0 Å². The van der Waals surface area contributed by atoms with Gasteiger partial charge in [-0.3, -0.25) is 10.1 Å². The molecule has 2 aromatic carbocycles. The Morgan fingerprint density at radius 3 is 2.54 bits per heavy atom. The lowest BCUT2D eigenvalue weighted by Crippen LogP contribution is -2.12. The number of carboxylic acid groups (broad SMARTS) is 1. The number of hydrogen-bond acceptors (Lipinski definition) is 6. The molecule has 0 bridgehead atoms. The number of nitrogens with one attached hydrogen (secondary N) is 1. The van der Waals surface area contributed by atoms with Crippen LogP contribution in [0.2, 0.25) is 10.0 Å². The van der Waals surface area contributed by atoms with Crippen molar-refractivity contribution in [1.29, 1.82) is 0 Å². The molecule has 0 spiro atoms. The van der Waals surface area contributed by atoms with Crippen LogP contribution in [0.3, 0.4) is 0 Å². The molecular formula is C27H28Cl2N2O5S. The molecule has 0 aliphatic carbocycles. The smallest absolute Gasteiger partial charge is 0.331 e. The second-order valence-electron chi connectivity index (χ2n) is 8.22. The Labute approximate surface area is 230 Å². The fraction of sp³-hybridized carbons (Fsp3) is 0.296. The van der Waals surface area contributed by atoms with E-state index < -0.39 is 11.9 Å². The molecule has 1 amide bonds. The molecular weight excluding hydrogens is 535 g/mol. The maximum Gasteiger partial charge on any atom is 0.331 e. The Morgan fingerprint density at radius 1 is 1.16 bits per heavy atom. The van der Waals surface area contributed by atoms with Gasteiger partial charge < -0.3 is 14.6 Å². The van der Waals surface area contributed by atoms with Gasteiger partial charge in [-0.25, -0.2) is 9.78 Å².